The van der Waals surface area contributed by atoms with E-state index in [4.69, 9.17) is 5.11 Å². The lowest BCUT2D eigenvalue weighted by molar-refractivity contribution is -0.143. The van der Waals surface area contributed by atoms with E-state index in [0.717, 1.165) is 12.2 Å². The third kappa shape index (κ3) is 4.97. The second-order valence-corrected chi connectivity index (χ2v) is 6.19. The Hall–Kier alpha value is -1.69. The lowest BCUT2D eigenvalue weighted by Gasteiger charge is -2.30. The standard InChI is InChI=1S/C15H20N2O3S/c18-14(19)12-5-4-9-17(11-12)15(20)16-8-10-21-13-6-2-1-3-7-13/h1-3,6-7,12H,4-5,8-11H2,(H,16,20)(H,18,19). The minimum Gasteiger partial charge on any atom is -0.481 e. The van der Waals surface area contributed by atoms with Crippen molar-refractivity contribution in [2.75, 3.05) is 25.4 Å². The van der Waals surface area contributed by atoms with Crippen molar-refractivity contribution in [3.8, 4) is 0 Å². The first-order chi connectivity index (χ1) is 10.2. The Kier molecular flexibility index (Phi) is 5.92. The van der Waals surface area contributed by atoms with E-state index in [9.17, 15) is 9.59 Å². The quantitative estimate of drug-likeness (QED) is 0.647. The minimum absolute atomic E-state index is 0.158. The average molecular weight is 308 g/mol. The van der Waals surface area contributed by atoms with Crippen LogP contribution in [0.3, 0.4) is 0 Å². The zero-order valence-electron chi connectivity index (χ0n) is 11.8. The molecule has 1 aromatic rings. The van der Waals surface area contributed by atoms with Crippen LogP contribution in [0, 0.1) is 5.92 Å². The fraction of sp³-hybridized carbons (Fsp3) is 0.467. The van der Waals surface area contributed by atoms with Gasteiger partial charge >= 0.3 is 12.0 Å². The molecule has 2 N–H and O–H groups in total. The van der Waals surface area contributed by atoms with Crippen LogP contribution in [0.25, 0.3) is 0 Å². The molecule has 21 heavy (non-hydrogen) atoms. The van der Waals surface area contributed by atoms with Crippen molar-refractivity contribution >= 4 is 23.8 Å². The molecule has 6 heteroatoms. The summed E-state index contributed by atoms with van der Waals surface area (Å²) in [5, 5.41) is 11.9. The summed E-state index contributed by atoms with van der Waals surface area (Å²) in [7, 11) is 0. The Morgan fingerprint density at radius 3 is 2.81 bits per heavy atom. The van der Waals surface area contributed by atoms with Gasteiger partial charge in [0.25, 0.3) is 0 Å². The van der Waals surface area contributed by atoms with Gasteiger partial charge in [0.05, 0.1) is 5.92 Å². The maximum atomic E-state index is 12.0. The van der Waals surface area contributed by atoms with Gasteiger partial charge in [-0.05, 0) is 25.0 Å². The van der Waals surface area contributed by atoms with Crippen LogP contribution in [-0.4, -0.2) is 47.4 Å². The van der Waals surface area contributed by atoms with Crippen molar-refractivity contribution < 1.29 is 14.7 Å². The molecular weight excluding hydrogens is 288 g/mol. The number of hydrogen-bond donors (Lipinski definition) is 2. The third-order valence-electron chi connectivity index (χ3n) is 3.45. The van der Waals surface area contributed by atoms with Gasteiger partial charge < -0.3 is 15.3 Å². The number of nitrogens with zero attached hydrogens (tertiary/aromatic N) is 1. The van der Waals surface area contributed by atoms with Crippen molar-refractivity contribution in [1.82, 2.24) is 10.2 Å². The number of carboxylic acids is 1. The maximum Gasteiger partial charge on any atom is 0.317 e. The topological polar surface area (TPSA) is 69.6 Å². The van der Waals surface area contributed by atoms with Crippen LogP contribution in [0.1, 0.15) is 12.8 Å². The van der Waals surface area contributed by atoms with Crippen molar-refractivity contribution in [3.05, 3.63) is 30.3 Å². The largest absolute Gasteiger partial charge is 0.481 e. The molecule has 114 valence electrons. The number of carboxylic acid groups (broad SMARTS) is 1. The molecule has 0 radical (unpaired) electrons. The molecule has 2 amide bonds. The Bertz CT molecular complexity index is 481. The van der Waals surface area contributed by atoms with Crippen LogP contribution >= 0.6 is 11.8 Å². The summed E-state index contributed by atoms with van der Waals surface area (Å²) in [6.07, 6.45) is 1.41. The summed E-state index contributed by atoms with van der Waals surface area (Å²) >= 11 is 1.69. The Morgan fingerprint density at radius 1 is 1.33 bits per heavy atom. The summed E-state index contributed by atoms with van der Waals surface area (Å²) in [5.41, 5.74) is 0. The summed E-state index contributed by atoms with van der Waals surface area (Å²) in [4.78, 5) is 25.8. The fourth-order valence-corrected chi connectivity index (χ4v) is 3.11. The number of hydrogen-bond acceptors (Lipinski definition) is 3. The van der Waals surface area contributed by atoms with E-state index in [-0.39, 0.29) is 6.03 Å². The van der Waals surface area contributed by atoms with E-state index in [1.54, 1.807) is 16.7 Å². The Morgan fingerprint density at radius 2 is 2.10 bits per heavy atom. The number of piperidine rings is 1. The highest BCUT2D eigenvalue weighted by Crippen LogP contribution is 2.17. The summed E-state index contributed by atoms with van der Waals surface area (Å²) < 4.78 is 0. The molecule has 5 nitrogen and oxygen atoms in total. The lowest BCUT2D eigenvalue weighted by atomic mass is 9.99. The van der Waals surface area contributed by atoms with Crippen molar-refractivity contribution in [1.29, 1.82) is 0 Å². The second-order valence-electron chi connectivity index (χ2n) is 5.02. The molecule has 1 heterocycles. The van der Waals surface area contributed by atoms with Gasteiger partial charge in [0.1, 0.15) is 0 Å². The van der Waals surface area contributed by atoms with Crippen LogP contribution < -0.4 is 5.32 Å². The number of thioether (sulfide) groups is 1. The Labute approximate surface area is 128 Å². The van der Waals surface area contributed by atoms with Crippen LogP contribution in [0.4, 0.5) is 4.79 Å². The van der Waals surface area contributed by atoms with Gasteiger partial charge in [0.2, 0.25) is 0 Å². The number of aliphatic carboxylic acids is 1. The lowest BCUT2D eigenvalue weighted by Crippen LogP contribution is -2.47. The molecule has 1 saturated heterocycles. The highest BCUT2D eigenvalue weighted by molar-refractivity contribution is 7.99. The number of likely N-dealkylation sites (tertiary alicyclic amines) is 1. The number of benzene rings is 1. The number of urea groups is 1. The summed E-state index contributed by atoms with van der Waals surface area (Å²) in [5.74, 6) is -0.443. The van der Waals surface area contributed by atoms with Gasteiger partial charge in [-0.3, -0.25) is 4.79 Å². The molecule has 1 aliphatic heterocycles. The van der Waals surface area contributed by atoms with E-state index < -0.39 is 11.9 Å². The number of rotatable bonds is 5. The second kappa shape index (κ2) is 7.93. The van der Waals surface area contributed by atoms with Crippen LogP contribution in [0.5, 0.6) is 0 Å². The smallest absolute Gasteiger partial charge is 0.317 e. The van der Waals surface area contributed by atoms with Gasteiger partial charge in [-0.25, -0.2) is 4.79 Å². The monoisotopic (exact) mass is 308 g/mol. The number of carbonyl (C=O) groups is 2. The van der Waals surface area contributed by atoms with Gasteiger partial charge in [0.15, 0.2) is 0 Å². The zero-order valence-corrected chi connectivity index (χ0v) is 12.6. The fourth-order valence-electron chi connectivity index (χ4n) is 2.32. The molecule has 1 aliphatic rings. The van der Waals surface area contributed by atoms with Crippen LogP contribution in [0.15, 0.2) is 35.2 Å². The first-order valence-electron chi connectivity index (χ1n) is 7.10. The van der Waals surface area contributed by atoms with Crippen LogP contribution in [-0.2, 0) is 4.79 Å². The molecular formula is C15H20N2O3S. The van der Waals surface area contributed by atoms with Gasteiger partial charge in [-0.1, -0.05) is 18.2 Å². The van der Waals surface area contributed by atoms with Gasteiger partial charge in [-0.2, -0.15) is 0 Å². The molecule has 1 aromatic carbocycles. The van der Waals surface area contributed by atoms with E-state index in [1.807, 2.05) is 30.3 Å². The maximum absolute atomic E-state index is 12.0. The summed E-state index contributed by atoms with van der Waals surface area (Å²) in [6.45, 7) is 1.53. The molecule has 0 spiro atoms. The molecule has 0 aliphatic carbocycles. The van der Waals surface area contributed by atoms with E-state index in [2.05, 4.69) is 5.32 Å². The predicted molar refractivity (Wildman–Crippen MR) is 82.5 cm³/mol. The average Bonchev–Trinajstić information content (AvgIpc) is 2.52. The van der Waals surface area contributed by atoms with Gasteiger partial charge in [0, 0.05) is 30.3 Å². The highest BCUT2D eigenvalue weighted by atomic mass is 32.2. The molecule has 0 bridgehead atoms. The van der Waals surface area contributed by atoms with Crippen LogP contribution in [0.2, 0.25) is 0 Å². The molecule has 1 atom stereocenters. The number of amides is 2. The number of carbonyl (C=O) groups excluding carboxylic acids is 1. The molecule has 2 rings (SSSR count). The molecule has 0 saturated carbocycles. The van der Waals surface area contributed by atoms with Crippen molar-refractivity contribution in [2.24, 2.45) is 5.92 Å². The summed E-state index contributed by atoms with van der Waals surface area (Å²) in [6, 6.07) is 9.86. The van der Waals surface area contributed by atoms with E-state index in [0.29, 0.717) is 26.1 Å². The van der Waals surface area contributed by atoms with Gasteiger partial charge in [-0.15, -0.1) is 11.8 Å². The van der Waals surface area contributed by atoms with Crippen molar-refractivity contribution in [2.45, 2.75) is 17.7 Å². The first-order valence-corrected chi connectivity index (χ1v) is 8.09. The highest BCUT2D eigenvalue weighted by Gasteiger charge is 2.27. The number of nitrogens with one attached hydrogen (secondary N) is 1. The van der Waals surface area contributed by atoms with Crippen molar-refractivity contribution in [3.63, 3.8) is 0 Å². The zero-order chi connectivity index (χ0) is 15.1. The van der Waals surface area contributed by atoms with E-state index >= 15 is 0 Å². The minimum atomic E-state index is -0.813. The predicted octanol–water partition coefficient (Wildman–Crippen LogP) is 2.28. The van der Waals surface area contributed by atoms with E-state index in [1.165, 1.54) is 4.90 Å². The molecule has 0 aromatic heterocycles. The third-order valence-corrected chi connectivity index (χ3v) is 4.46. The molecule has 1 unspecified atom stereocenters. The first kappa shape index (κ1) is 15.7. The SMILES string of the molecule is O=C(O)C1CCCN(C(=O)NCCSc2ccccc2)C1. The Balaban J connectivity index is 1.68. The normalized spacial score (nSPS) is 18.3. The molecule has 1 fully saturated rings.